The maximum atomic E-state index is 13.6. The van der Waals surface area contributed by atoms with Crippen LogP contribution in [0.3, 0.4) is 0 Å². The van der Waals surface area contributed by atoms with Crippen LogP contribution >= 0.6 is 22.7 Å². The molecule has 1 aliphatic heterocycles. The summed E-state index contributed by atoms with van der Waals surface area (Å²) in [6, 6.07) is 8.87. The van der Waals surface area contributed by atoms with Gasteiger partial charge in [0.15, 0.2) is 16.3 Å². The van der Waals surface area contributed by atoms with Gasteiger partial charge in [-0.25, -0.2) is 9.79 Å². The molecule has 0 aliphatic carbocycles. The van der Waals surface area contributed by atoms with E-state index in [-0.39, 0.29) is 12.2 Å². The smallest absolute Gasteiger partial charge is 0.338 e. The van der Waals surface area contributed by atoms with Crippen molar-refractivity contribution in [2.45, 2.75) is 40.2 Å². The third-order valence-electron chi connectivity index (χ3n) is 5.77. The highest BCUT2D eigenvalue weighted by Gasteiger charge is 2.33. The molecule has 0 amide bonds. The van der Waals surface area contributed by atoms with Crippen molar-refractivity contribution in [1.82, 2.24) is 4.57 Å². The average molecular weight is 527 g/mol. The van der Waals surface area contributed by atoms with Crippen LogP contribution in [0.4, 0.5) is 0 Å². The molecule has 0 unspecified atom stereocenters. The topological polar surface area (TPSA) is 79.1 Å². The van der Waals surface area contributed by atoms with Gasteiger partial charge in [0, 0.05) is 4.88 Å². The summed E-state index contributed by atoms with van der Waals surface area (Å²) >= 11 is 2.79. The van der Waals surface area contributed by atoms with E-state index in [1.165, 1.54) is 22.7 Å². The van der Waals surface area contributed by atoms with E-state index >= 15 is 0 Å². The summed E-state index contributed by atoms with van der Waals surface area (Å²) in [7, 11) is 1.60. The van der Waals surface area contributed by atoms with Gasteiger partial charge in [0.2, 0.25) is 0 Å². The quantitative estimate of drug-likeness (QED) is 0.389. The van der Waals surface area contributed by atoms with Gasteiger partial charge in [-0.2, -0.15) is 0 Å². The van der Waals surface area contributed by atoms with Crippen LogP contribution in [0.2, 0.25) is 0 Å². The number of allylic oxidation sites excluding steroid dienone is 1. The zero-order chi connectivity index (χ0) is 25.8. The molecule has 3 heterocycles. The van der Waals surface area contributed by atoms with Gasteiger partial charge in [0.05, 0.1) is 36.1 Å². The molecule has 3 aromatic rings. The largest absolute Gasteiger partial charge is 0.493 e. The van der Waals surface area contributed by atoms with E-state index in [1.807, 2.05) is 41.8 Å². The molecule has 0 fully saturated rings. The van der Waals surface area contributed by atoms with Gasteiger partial charge in [-0.05, 0) is 61.4 Å². The molecule has 1 atom stereocenters. The Morgan fingerprint density at radius 1 is 1.25 bits per heavy atom. The summed E-state index contributed by atoms with van der Waals surface area (Å²) in [4.78, 5) is 32.5. The second kappa shape index (κ2) is 11.3. The Kier molecular flexibility index (Phi) is 8.11. The number of rotatable bonds is 9. The number of aromatic nitrogens is 1. The monoisotopic (exact) mass is 526 g/mol. The Morgan fingerprint density at radius 3 is 2.72 bits per heavy atom. The van der Waals surface area contributed by atoms with Crippen molar-refractivity contribution in [1.29, 1.82) is 0 Å². The third kappa shape index (κ3) is 5.32. The predicted molar refractivity (Wildman–Crippen MR) is 143 cm³/mol. The highest BCUT2D eigenvalue weighted by atomic mass is 32.1. The summed E-state index contributed by atoms with van der Waals surface area (Å²) in [5.74, 6) is 1.37. The van der Waals surface area contributed by atoms with Crippen LogP contribution in [-0.4, -0.2) is 30.9 Å². The van der Waals surface area contributed by atoms with Gasteiger partial charge in [-0.1, -0.05) is 37.3 Å². The first-order chi connectivity index (χ1) is 17.3. The first kappa shape index (κ1) is 25.9. The number of nitrogens with zero attached hydrogens (tertiary/aromatic N) is 2. The average Bonchev–Trinajstić information content (AvgIpc) is 3.47. The second-order valence-electron chi connectivity index (χ2n) is 8.76. The number of thiophene rings is 1. The van der Waals surface area contributed by atoms with E-state index < -0.39 is 12.0 Å². The van der Waals surface area contributed by atoms with Gasteiger partial charge in [-0.15, -0.1) is 11.3 Å². The Hall–Kier alpha value is -3.17. The number of ether oxygens (including phenoxy) is 3. The summed E-state index contributed by atoms with van der Waals surface area (Å²) < 4.78 is 18.9. The minimum Gasteiger partial charge on any atom is -0.493 e. The van der Waals surface area contributed by atoms with E-state index in [0.717, 1.165) is 16.9 Å². The minimum atomic E-state index is -0.575. The van der Waals surface area contributed by atoms with Crippen LogP contribution in [0.15, 0.2) is 56.8 Å². The van der Waals surface area contributed by atoms with Gasteiger partial charge in [0.1, 0.15) is 6.04 Å². The van der Waals surface area contributed by atoms with Crippen LogP contribution in [0, 0.1) is 5.92 Å². The number of fused-ring (bicyclic) bond motifs is 1. The number of benzene rings is 1. The summed E-state index contributed by atoms with van der Waals surface area (Å²) in [5, 5.41) is 1.93. The highest BCUT2D eigenvalue weighted by Crippen LogP contribution is 2.33. The van der Waals surface area contributed by atoms with Gasteiger partial charge >= 0.3 is 5.97 Å². The molecule has 7 nitrogen and oxygen atoms in total. The molecular weight excluding hydrogens is 496 g/mol. The van der Waals surface area contributed by atoms with E-state index in [2.05, 4.69) is 18.8 Å². The molecule has 4 rings (SSSR count). The lowest BCUT2D eigenvalue weighted by molar-refractivity contribution is -0.139. The Morgan fingerprint density at radius 2 is 2.06 bits per heavy atom. The Balaban J connectivity index is 1.77. The fourth-order valence-electron chi connectivity index (χ4n) is 3.96. The summed E-state index contributed by atoms with van der Waals surface area (Å²) in [5.41, 5.74) is 1.55. The van der Waals surface area contributed by atoms with Crippen molar-refractivity contribution in [3.8, 4) is 11.5 Å². The Bertz CT molecular complexity index is 1450. The lowest BCUT2D eigenvalue weighted by Crippen LogP contribution is -2.39. The molecule has 0 saturated heterocycles. The SMILES string of the molecule is CCOC(=O)C1=C(C)N=c2s/c(=C/c3ccc(OCCC(C)C)c(OC)c3)c(=O)n2[C@H]1c1cccs1. The zero-order valence-electron chi connectivity index (χ0n) is 21.1. The summed E-state index contributed by atoms with van der Waals surface area (Å²) in [6.07, 6.45) is 2.77. The molecule has 0 saturated carbocycles. The van der Waals surface area contributed by atoms with Crippen molar-refractivity contribution in [2.24, 2.45) is 10.9 Å². The number of methoxy groups -OCH3 is 1. The second-order valence-corrected chi connectivity index (χ2v) is 10.7. The molecule has 36 heavy (non-hydrogen) atoms. The number of hydrogen-bond acceptors (Lipinski definition) is 8. The van der Waals surface area contributed by atoms with Crippen molar-refractivity contribution < 1.29 is 19.0 Å². The van der Waals surface area contributed by atoms with Crippen LogP contribution in [0.5, 0.6) is 11.5 Å². The molecule has 190 valence electrons. The van der Waals surface area contributed by atoms with Crippen molar-refractivity contribution in [2.75, 3.05) is 20.3 Å². The van der Waals surface area contributed by atoms with E-state index in [1.54, 1.807) is 25.5 Å². The predicted octanol–water partition coefficient (Wildman–Crippen LogP) is 4.29. The third-order valence-corrected chi connectivity index (χ3v) is 7.68. The molecule has 9 heteroatoms. The van der Waals surface area contributed by atoms with Gasteiger partial charge < -0.3 is 14.2 Å². The number of hydrogen-bond donors (Lipinski definition) is 0. The number of thiazole rings is 1. The highest BCUT2D eigenvalue weighted by molar-refractivity contribution is 7.10. The van der Waals surface area contributed by atoms with Crippen molar-refractivity contribution >= 4 is 34.7 Å². The number of esters is 1. The van der Waals surface area contributed by atoms with Crippen molar-refractivity contribution in [3.63, 3.8) is 0 Å². The normalized spacial score (nSPS) is 15.6. The maximum absolute atomic E-state index is 13.6. The molecule has 0 N–H and O–H groups in total. The molecule has 0 spiro atoms. The van der Waals surface area contributed by atoms with E-state index in [0.29, 0.717) is 44.6 Å². The molecule has 1 aromatic carbocycles. The minimum absolute atomic E-state index is 0.206. The first-order valence-corrected chi connectivity index (χ1v) is 13.6. The van der Waals surface area contributed by atoms with Gasteiger partial charge in [-0.3, -0.25) is 9.36 Å². The molecule has 2 aromatic heterocycles. The molecular formula is C27H30N2O5S2. The standard InChI is InChI=1S/C27H30N2O5S2/c1-6-33-26(31)23-17(4)28-27-29(24(23)21-8-7-13-35-21)25(30)22(36-27)15-18-9-10-19(20(14-18)32-5)34-12-11-16(2)3/h7-10,13-16,24H,6,11-12H2,1-5H3/b22-15+/t24-/m0/s1. The first-order valence-electron chi connectivity index (χ1n) is 11.9. The molecule has 1 aliphatic rings. The lowest BCUT2D eigenvalue weighted by atomic mass is 10.0. The number of carbonyl (C=O) groups excluding carboxylic acids is 1. The van der Waals surface area contributed by atoms with E-state index in [9.17, 15) is 9.59 Å². The maximum Gasteiger partial charge on any atom is 0.338 e. The van der Waals surface area contributed by atoms with Crippen LogP contribution < -0.4 is 24.4 Å². The fraction of sp³-hybridized carbons (Fsp3) is 0.370. The van der Waals surface area contributed by atoms with Crippen LogP contribution in [-0.2, 0) is 9.53 Å². The van der Waals surface area contributed by atoms with Crippen molar-refractivity contribution in [3.05, 3.63) is 77.1 Å². The van der Waals surface area contributed by atoms with Crippen LogP contribution in [0.1, 0.15) is 50.6 Å². The fourth-order valence-corrected chi connectivity index (χ4v) is 5.83. The van der Waals surface area contributed by atoms with E-state index in [4.69, 9.17) is 14.2 Å². The Labute approximate surface area is 218 Å². The summed E-state index contributed by atoms with van der Waals surface area (Å²) in [6.45, 7) is 8.71. The van der Waals surface area contributed by atoms with Gasteiger partial charge in [0.25, 0.3) is 5.56 Å². The zero-order valence-corrected chi connectivity index (χ0v) is 22.7. The lowest BCUT2D eigenvalue weighted by Gasteiger charge is -2.23. The molecule has 0 radical (unpaired) electrons. The number of carbonyl (C=O) groups is 1. The van der Waals surface area contributed by atoms with Crippen LogP contribution in [0.25, 0.3) is 6.08 Å². The molecule has 0 bridgehead atoms.